The van der Waals surface area contributed by atoms with Crippen LogP contribution in [0.2, 0.25) is 0 Å². The van der Waals surface area contributed by atoms with Crippen molar-refractivity contribution in [1.29, 1.82) is 0 Å². The van der Waals surface area contributed by atoms with Crippen molar-refractivity contribution in [3.63, 3.8) is 0 Å². The molecule has 3 atom stereocenters. The van der Waals surface area contributed by atoms with Crippen molar-refractivity contribution in [2.45, 2.75) is 24.7 Å². The molecule has 0 fully saturated rings. The van der Waals surface area contributed by atoms with Gasteiger partial charge in [-0.05, 0) is 12.1 Å². The largest absolute Gasteiger partial charge is 0.481 e. The fourth-order valence-electron chi connectivity index (χ4n) is 2.18. The molecule has 1 aromatic rings. The molecule has 0 bridgehead atoms. The molecule has 0 saturated heterocycles. The van der Waals surface area contributed by atoms with E-state index in [1.165, 1.54) is 30.3 Å². The van der Waals surface area contributed by atoms with Crippen molar-refractivity contribution in [3.05, 3.63) is 47.8 Å². The Morgan fingerprint density at radius 3 is 2.64 bits per heavy atom. The molecule has 1 aliphatic heterocycles. The van der Waals surface area contributed by atoms with E-state index in [1.807, 2.05) is 0 Å². The molecular weight excluding hydrogens is 293 g/mol. The Balaban J connectivity index is 2.07. The van der Waals surface area contributed by atoms with Gasteiger partial charge >= 0.3 is 5.97 Å². The van der Waals surface area contributed by atoms with E-state index in [0.29, 0.717) is 0 Å². The van der Waals surface area contributed by atoms with E-state index in [2.05, 4.69) is 5.32 Å². The summed E-state index contributed by atoms with van der Waals surface area (Å²) in [7, 11) is 0. The fraction of sp³-hybridized carbons (Fsp3) is 0.333. The Labute approximate surface area is 126 Å². The van der Waals surface area contributed by atoms with Crippen molar-refractivity contribution in [1.82, 2.24) is 5.32 Å². The highest BCUT2D eigenvalue weighted by Crippen LogP contribution is 2.16. The molecule has 22 heavy (non-hydrogen) atoms. The van der Waals surface area contributed by atoms with E-state index in [-0.39, 0.29) is 12.0 Å². The highest BCUT2D eigenvalue weighted by atomic mass is 19.1. The van der Waals surface area contributed by atoms with Gasteiger partial charge < -0.3 is 20.3 Å². The molecule has 3 N–H and O–H groups in total. The Bertz CT molecular complexity index is 589. The number of carbonyl (C=O) groups is 2. The summed E-state index contributed by atoms with van der Waals surface area (Å²) < 4.78 is 19.0. The van der Waals surface area contributed by atoms with Crippen molar-refractivity contribution in [3.8, 4) is 0 Å². The van der Waals surface area contributed by atoms with Crippen LogP contribution in [-0.4, -0.2) is 46.9 Å². The minimum Gasteiger partial charge on any atom is -0.481 e. The number of hydrogen-bond acceptors (Lipinski definition) is 4. The standard InChI is InChI=1S/C15H16FNO5/c16-11-4-2-1-3-10(11)15(21)17-12-6-5-9(7-14(19)20)22-13(12)8-18/h1-6,9,12-13,18H,7-8H2,(H,17,21)(H,19,20)/t9-,12+,13+/m0/s1. The van der Waals surface area contributed by atoms with Crippen LogP contribution in [0.4, 0.5) is 4.39 Å². The summed E-state index contributed by atoms with van der Waals surface area (Å²) in [6, 6.07) is 4.87. The lowest BCUT2D eigenvalue weighted by atomic mass is 10.0. The smallest absolute Gasteiger partial charge is 0.306 e. The second-order valence-electron chi connectivity index (χ2n) is 4.86. The molecule has 2 rings (SSSR count). The summed E-state index contributed by atoms with van der Waals surface area (Å²) in [5.41, 5.74) is -0.111. The third-order valence-corrected chi connectivity index (χ3v) is 3.26. The van der Waals surface area contributed by atoms with Crippen LogP contribution in [0.1, 0.15) is 16.8 Å². The Morgan fingerprint density at radius 2 is 2.00 bits per heavy atom. The highest BCUT2D eigenvalue weighted by molar-refractivity contribution is 5.94. The van der Waals surface area contributed by atoms with Crippen LogP contribution < -0.4 is 5.32 Å². The van der Waals surface area contributed by atoms with E-state index in [9.17, 15) is 19.1 Å². The average Bonchev–Trinajstić information content (AvgIpc) is 2.48. The number of hydrogen-bond donors (Lipinski definition) is 3. The first-order valence-electron chi connectivity index (χ1n) is 6.73. The topological polar surface area (TPSA) is 95.9 Å². The van der Waals surface area contributed by atoms with Crippen molar-refractivity contribution in [2.24, 2.45) is 0 Å². The lowest BCUT2D eigenvalue weighted by molar-refractivity contribution is -0.141. The fourth-order valence-corrected chi connectivity index (χ4v) is 2.18. The summed E-state index contributed by atoms with van der Waals surface area (Å²) in [5, 5.41) is 20.6. The molecule has 1 aromatic carbocycles. The number of carboxylic acid groups (broad SMARTS) is 1. The summed E-state index contributed by atoms with van der Waals surface area (Å²) in [5.74, 6) is -2.31. The number of halogens is 1. The van der Waals surface area contributed by atoms with Gasteiger partial charge in [0.2, 0.25) is 0 Å². The molecule has 1 aliphatic rings. The van der Waals surface area contributed by atoms with Crippen LogP contribution >= 0.6 is 0 Å². The van der Waals surface area contributed by atoms with Crippen molar-refractivity contribution >= 4 is 11.9 Å². The second kappa shape index (κ2) is 7.15. The van der Waals surface area contributed by atoms with Crippen LogP contribution in [0.25, 0.3) is 0 Å². The predicted molar refractivity (Wildman–Crippen MR) is 74.8 cm³/mol. The van der Waals surface area contributed by atoms with E-state index < -0.39 is 42.6 Å². The maximum atomic E-state index is 13.6. The number of aliphatic hydroxyl groups excluding tert-OH is 1. The molecule has 7 heteroatoms. The quantitative estimate of drug-likeness (QED) is 0.696. The van der Waals surface area contributed by atoms with Crippen LogP contribution in [0.5, 0.6) is 0 Å². The first kappa shape index (κ1) is 16.1. The average molecular weight is 309 g/mol. The number of nitrogens with one attached hydrogen (secondary N) is 1. The summed E-state index contributed by atoms with van der Waals surface area (Å²) in [6.07, 6.45) is 1.37. The van der Waals surface area contributed by atoms with Crippen LogP contribution in [0.3, 0.4) is 0 Å². The van der Waals surface area contributed by atoms with E-state index >= 15 is 0 Å². The van der Waals surface area contributed by atoms with Gasteiger partial charge in [0.05, 0.1) is 30.7 Å². The number of ether oxygens (including phenoxy) is 1. The molecule has 1 amide bonds. The molecule has 118 valence electrons. The zero-order chi connectivity index (χ0) is 16.1. The summed E-state index contributed by atoms with van der Waals surface area (Å²) in [4.78, 5) is 22.7. The third-order valence-electron chi connectivity index (χ3n) is 3.26. The van der Waals surface area contributed by atoms with Crippen LogP contribution in [-0.2, 0) is 9.53 Å². The number of aliphatic hydroxyl groups is 1. The Kier molecular flexibility index (Phi) is 5.24. The van der Waals surface area contributed by atoms with Crippen LogP contribution in [0, 0.1) is 5.82 Å². The summed E-state index contributed by atoms with van der Waals surface area (Å²) >= 11 is 0. The van der Waals surface area contributed by atoms with Gasteiger partial charge in [-0.1, -0.05) is 24.3 Å². The monoisotopic (exact) mass is 309 g/mol. The third kappa shape index (κ3) is 3.90. The minimum atomic E-state index is -1.03. The lowest BCUT2D eigenvalue weighted by Gasteiger charge is -2.31. The zero-order valence-corrected chi connectivity index (χ0v) is 11.6. The molecule has 6 nitrogen and oxygen atoms in total. The minimum absolute atomic E-state index is 0.111. The van der Waals surface area contributed by atoms with E-state index in [0.717, 1.165) is 0 Å². The maximum Gasteiger partial charge on any atom is 0.306 e. The van der Waals surface area contributed by atoms with Crippen LogP contribution in [0.15, 0.2) is 36.4 Å². The van der Waals surface area contributed by atoms with E-state index in [4.69, 9.17) is 9.84 Å². The van der Waals surface area contributed by atoms with Gasteiger partial charge in [-0.2, -0.15) is 0 Å². The van der Waals surface area contributed by atoms with Gasteiger partial charge in [0.1, 0.15) is 11.9 Å². The molecule has 0 radical (unpaired) electrons. The van der Waals surface area contributed by atoms with Gasteiger partial charge in [-0.3, -0.25) is 9.59 Å². The SMILES string of the molecule is O=C(O)C[C@@H]1C=C[C@@H](NC(=O)c2ccccc2F)[C@@H](CO)O1. The van der Waals surface area contributed by atoms with Gasteiger partial charge in [-0.25, -0.2) is 4.39 Å². The predicted octanol–water partition coefficient (Wildman–Crippen LogP) is 0.715. The Morgan fingerprint density at radius 1 is 1.27 bits per heavy atom. The van der Waals surface area contributed by atoms with Gasteiger partial charge in [0.15, 0.2) is 0 Å². The molecule has 0 aliphatic carbocycles. The van der Waals surface area contributed by atoms with Crippen molar-refractivity contribution in [2.75, 3.05) is 6.61 Å². The number of aliphatic carboxylic acids is 1. The first-order valence-corrected chi connectivity index (χ1v) is 6.73. The van der Waals surface area contributed by atoms with Crippen molar-refractivity contribution < 1.29 is 28.9 Å². The lowest BCUT2D eigenvalue weighted by Crippen LogP contribution is -2.48. The molecule has 0 spiro atoms. The number of carboxylic acids is 1. The van der Waals surface area contributed by atoms with Gasteiger partial charge in [0.25, 0.3) is 5.91 Å². The number of rotatable bonds is 5. The number of carbonyl (C=O) groups excluding carboxylic acids is 1. The summed E-state index contributed by atoms with van der Waals surface area (Å²) in [6.45, 7) is -0.400. The molecule has 1 heterocycles. The normalized spacial score (nSPS) is 24.0. The first-order chi connectivity index (χ1) is 10.5. The number of benzene rings is 1. The molecular formula is C15H16FNO5. The molecule has 0 aromatic heterocycles. The molecule has 0 saturated carbocycles. The highest BCUT2D eigenvalue weighted by Gasteiger charge is 2.29. The second-order valence-corrected chi connectivity index (χ2v) is 4.86. The maximum absolute atomic E-state index is 13.6. The zero-order valence-electron chi connectivity index (χ0n) is 11.6. The number of amides is 1. The van der Waals surface area contributed by atoms with Gasteiger partial charge in [-0.15, -0.1) is 0 Å². The molecule has 0 unspecified atom stereocenters. The Hall–Kier alpha value is -2.25. The van der Waals surface area contributed by atoms with Gasteiger partial charge in [0, 0.05) is 0 Å². The van der Waals surface area contributed by atoms with E-state index in [1.54, 1.807) is 6.08 Å².